The van der Waals surface area contributed by atoms with Gasteiger partial charge in [-0.3, -0.25) is 4.90 Å². The van der Waals surface area contributed by atoms with E-state index in [-0.39, 0.29) is 23.2 Å². The van der Waals surface area contributed by atoms with Crippen LogP contribution in [0.25, 0.3) is 0 Å². The Labute approximate surface area is 172 Å². The van der Waals surface area contributed by atoms with Gasteiger partial charge in [0.2, 0.25) is 5.90 Å². The lowest BCUT2D eigenvalue weighted by atomic mass is 9.96. The highest BCUT2D eigenvalue weighted by Gasteiger charge is 2.42. The van der Waals surface area contributed by atoms with Crippen molar-refractivity contribution >= 4 is 14.2 Å². The molecule has 3 aliphatic rings. The van der Waals surface area contributed by atoms with E-state index in [1.54, 1.807) is 0 Å². The fourth-order valence-corrected chi connectivity index (χ4v) is 5.58. The van der Waals surface area contributed by atoms with Crippen molar-refractivity contribution in [3.8, 4) is 0 Å². The zero-order valence-corrected chi connectivity index (χ0v) is 19.9. The van der Waals surface area contributed by atoms with Crippen LogP contribution in [-0.4, -0.2) is 82.6 Å². The summed E-state index contributed by atoms with van der Waals surface area (Å²) in [7, 11) is 0.381. The third-order valence-electron chi connectivity index (χ3n) is 6.82. The first kappa shape index (κ1) is 22.1. The van der Waals surface area contributed by atoms with E-state index >= 15 is 0 Å². The van der Waals surface area contributed by atoms with Crippen LogP contribution >= 0.6 is 0 Å². The van der Waals surface area contributed by atoms with E-state index in [1.165, 1.54) is 32.4 Å². The molecule has 3 aliphatic heterocycles. The zero-order valence-electron chi connectivity index (χ0n) is 18.9. The average molecular weight is 412 g/mol. The molecule has 6 nitrogen and oxygen atoms in total. The summed E-state index contributed by atoms with van der Waals surface area (Å²) in [6, 6.07) is 0. The maximum atomic E-state index is 6.72. The van der Waals surface area contributed by atoms with Crippen LogP contribution in [0.1, 0.15) is 46.5 Å². The molecule has 0 amide bonds. The van der Waals surface area contributed by atoms with Gasteiger partial charge in [-0.05, 0) is 57.5 Å². The topological polar surface area (TPSA) is 46.5 Å². The normalized spacial score (nSPS) is 31.1. The monoisotopic (exact) mass is 411 g/mol. The number of rotatable bonds is 5. The molecule has 0 radical (unpaired) electrons. The largest absolute Gasteiger partial charge is 0.470 e. The summed E-state index contributed by atoms with van der Waals surface area (Å²) in [5, 5.41) is 4.54. The molecular formula is C21H41N3O3Si. The van der Waals surface area contributed by atoms with E-state index in [9.17, 15) is 0 Å². The van der Waals surface area contributed by atoms with Crippen molar-refractivity contribution in [2.45, 2.75) is 76.8 Å². The Bertz CT molecular complexity index is 544. The molecule has 3 atom stereocenters. The standard InChI is InChI=1S/C21H41N3O3Si/c1-21(2,3)28(5,6)27-18-12-17(13-23(4)14-18)20-22-25-16-19(26-20)15-24-10-8-7-9-11-24/h17-19H,7-16H2,1-6H3/t17-,18-,19?/m1/s1. The third-order valence-corrected chi connectivity index (χ3v) is 11.4. The van der Waals surface area contributed by atoms with E-state index < -0.39 is 8.32 Å². The minimum atomic E-state index is -1.79. The van der Waals surface area contributed by atoms with Crippen molar-refractivity contribution < 1.29 is 14.0 Å². The first-order chi connectivity index (χ1) is 13.1. The number of likely N-dealkylation sites (N-methyl/N-ethyl adjacent to an activating group) is 1. The predicted octanol–water partition coefficient (Wildman–Crippen LogP) is 3.54. The van der Waals surface area contributed by atoms with Crippen molar-refractivity contribution in [1.29, 1.82) is 0 Å². The number of likely N-dealkylation sites (tertiary alicyclic amines) is 2. The second kappa shape index (κ2) is 9.02. The van der Waals surface area contributed by atoms with Gasteiger partial charge < -0.3 is 18.9 Å². The zero-order chi connectivity index (χ0) is 20.4. The fourth-order valence-electron chi connectivity index (χ4n) is 4.22. The fraction of sp³-hybridized carbons (Fsp3) is 0.952. The van der Waals surface area contributed by atoms with Crippen LogP contribution in [0.5, 0.6) is 0 Å². The summed E-state index contributed by atoms with van der Waals surface area (Å²) >= 11 is 0. The van der Waals surface area contributed by atoms with E-state index in [0.29, 0.717) is 6.61 Å². The van der Waals surface area contributed by atoms with Gasteiger partial charge in [0.15, 0.2) is 14.9 Å². The van der Waals surface area contributed by atoms with Crippen LogP contribution in [0, 0.1) is 5.92 Å². The maximum Gasteiger partial charge on any atom is 0.230 e. The molecule has 0 aliphatic carbocycles. The quantitative estimate of drug-likeness (QED) is 0.648. The third kappa shape index (κ3) is 5.71. The molecular weight excluding hydrogens is 370 g/mol. The number of oxime groups is 1. The summed E-state index contributed by atoms with van der Waals surface area (Å²) in [6.07, 6.45) is 5.25. The van der Waals surface area contributed by atoms with Gasteiger partial charge in [-0.2, -0.15) is 0 Å². The number of hydrogen-bond donors (Lipinski definition) is 0. The van der Waals surface area contributed by atoms with Crippen LogP contribution in [-0.2, 0) is 14.0 Å². The Morgan fingerprint density at radius 3 is 2.54 bits per heavy atom. The van der Waals surface area contributed by atoms with Gasteiger partial charge in [0, 0.05) is 19.6 Å². The molecule has 0 bridgehead atoms. The molecule has 0 saturated carbocycles. The van der Waals surface area contributed by atoms with Crippen LogP contribution < -0.4 is 0 Å². The predicted molar refractivity (Wildman–Crippen MR) is 116 cm³/mol. The molecule has 1 unspecified atom stereocenters. The Hall–Kier alpha value is -0.633. The van der Waals surface area contributed by atoms with Crippen molar-refractivity contribution in [2.75, 3.05) is 46.4 Å². The van der Waals surface area contributed by atoms with E-state index in [4.69, 9.17) is 14.0 Å². The summed E-state index contributed by atoms with van der Waals surface area (Å²) in [5.74, 6) is 1.03. The Morgan fingerprint density at radius 2 is 1.86 bits per heavy atom. The lowest BCUT2D eigenvalue weighted by Gasteiger charge is -2.44. The molecule has 162 valence electrons. The molecule has 2 saturated heterocycles. The maximum absolute atomic E-state index is 6.72. The van der Waals surface area contributed by atoms with E-state index in [2.05, 4.69) is 55.9 Å². The lowest BCUT2D eigenvalue weighted by molar-refractivity contribution is -0.0221. The summed E-state index contributed by atoms with van der Waals surface area (Å²) in [6.45, 7) is 17.4. The minimum absolute atomic E-state index is 0.0950. The highest BCUT2D eigenvalue weighted by Crippen LogP contribution is 2.38. The van der Waals surface area contributed by atoms with Gasteiger partial charge in [0.1, 0.15) is 6.10 Å². The van der Waals surface area contributed by atoms with Gasteiger partial charge in [0.25, 0.3) is 0 Å². The van der Waals surface area contributed by atoms with Crippen LogP contribution in [0.4, 0.5) is 0 Å². The van der Waals surface area contributed by atoms with Crippen LogP contribution in [0.2, 0.25) is 18.1 Å². The molecule has 0 spiro atoms. The second-order valence-corrected chi connectivity index (χ2v) is 15.2. The van der Waals surface area contributed by atoms with E-state index in [1.807, 2.05) is 0 Å². The molecule has 28 heavy (non-hydrogen) atoms. The molecule has 0 N–H and O–H groups in total. The average Bonchev–Trinajstić information content (AvgIpc) is 2.61. The highest BCUT2D eigenvalue weighted by molar-refractivity contribution is 6.74. The van der Waals surface area contributed by atoms with Crippen molar-refractivity contribution in [1.82, 2.24) is 9.80 Å². The number of piperidine rings is 2. The lowest BCUT2D eigenvalue weighted by Crippen LogP contribution is -2.52. The van der Waals surface area contributed by atoms with Crippen LogP contribution in [0.15, 0.2) is 5.16 Å². The van der Waals surface area contributed by atoms with Gasteiger partial charge in [-0.1, -0.05) is 32.3 Å². The summed E-state index contributed by atoms with van der Waals surface area (Å²) in [4.78, 5) is 10.5. The Kier molecular flexibility index (Phi) is 7.11. The minimum Gasteiger partial charge on any atom is -0.470 e. The molecule has 2 fully saturated rings. The highest BCUT2D eigenvalue weighted by atomic mass is 28.4. The smallest absolute Gasteiger partial charge is 0.230 e. The van der Waals surface area contributed by atoms with Crippen molar-refractivity contribution in [2.24, 2.45) is 11.1 Å². The number of hydrogen-bond acceptors (Lipinski definition) is 6. The molecule has 3 rings (SSSR count). The summed E-state index contributed by atoms with van der Waals surface area (Å²) in [5.41, 5.74) is 0. The molecule has 0 aromatic heterocycles. The van der Waals surface area contributed by atoms with E-state index in [0.717, 1.165) is 32.0 Å². The molecule has 0 aromatic carbocycles. The van der Waals surface area contributed by atoms with Crippen molar-refractivity contribution in [3.63, 3.8) is 0 Å². The van der Waals surface area contributed by atoms with Gasteiger partial charge in [0.05, 0.1) is 12.0 Å². The van der Waals surface area contributed by atoms with Crippen LogP contribution in [0.3, 0.4) is 0 Å². The van der Waals surface area contributed by atoms with Crippen molar-refractivity contribution in [3.05, 3.63) is 0 Å². The first-order valence-corrected chi connectivity index (χ1v) is 14.0. The van der Waals surface area contributed by atoms with Gasteiger partial charge in [-0.25, -0.2) is 0 Å². The first-order valence-electron chi connectivity index (χ1n) is 11.1. The van der Waals surface area contributed by atoms with Gasteiger partial charge in [-0.15, -0.1) is 0 Å². The number of nitrogens with zero attached hydrogens (tertiary/aromatic N) is 3. The Balaban J connectivity index is 1.58. The SMILES string of the molecule is CN1C[C@H](O[Si](C)(C)C(C)(C)C)C[C@@H](C2=NOCC(CN3CCCCC3)O2)C1. The second-order valence-electron chi connectivity index (χ2n) is 10.5. The molecule has 3 heterocycles. The molecule has 0 aromatic rings. The summed E-state index contributed by atoms with van der Waals surface area (Å²) < 4.78 is 13.1. The Morgan fingerprint density at radius 1 is 1.14 bits per heavy atom. The molecule has 7 heteroatoms. The number of ether oxygens (including phenoxy) is 1. The van der Waals surface area contributed by atoms with Gasteiger partial charge >= 0.3 is 0 Å².